The molecule has 1 saturated carbocycles. The molecule has 0 unspecified atom stereocenters. The SMILES string of the molecule is CC(=O)SC[C@@H](C)C(=O)O[C@@H](CC1CCCCC1)C(=O)O. The molecule has 5 nitrogen and oxygen atoms in total. The van der Waals surface area contributed by atoms with Crippen molar-refractivity contribution in [3.05, 3.63) is 0 Å². The molecule has 1 aliphatic carbocycles. The standard InChI is InChI=1S/C15H24O5S/c1-10(9-21-11(2)16)15(19)20-13(14(17)18)8-12-6-4-3-5-7-12/h10,12-13H,3-9H2,1-2H3,(H,17,18)/t10-,13+/m1/s1. The third kappa shape index (κ3) is 6.98. The van der Waals surface area contributed by atoms with E-state index >= 15 is 0 Å². The molecule has 1 rings (SSSR count). The number of carboxylic acids is 1. The molecule has 120 valence electrons. The van der Waals surface area contributed by atoms with E-state index in [1.54, 1.807) is 6.92 Å². The van der Waals surface area contributed by atoms with Gasteiger partial charge in [0, 0.05) is 12.7 Å². The average Bonchev–Trinajstić information content (AvgIpc) is 2.44. The van der Waals surface area contributed by atoms with Gasteiger partial charge >= 0.3 is 11.9 Å². The van der Waals surface area contributed by atoms with Gasteiger partial charge in [0.1, 0.15) is 0 Å². The van der Waals surface area contributed by atoms with Gasteiger partial charge in [-0.3, -0.25) is 9.59 Å². The van der Waals surface area contributed by atoms with Crippen LogP contribution in [0.15, 0.2) is 0 Å². The largest absolute Gasteiger partial charge is 0.479 e. The normalized spacial score (nSPS) is 18.8. The average molecular weight is 316 g/mol. The highest BCUT2D eigenvalue weighted by molar-refractivity contribution is 8.13. The van der Waals surface area contributed by atoms with Crippen LogP contribution < -0.4 is 0 Å². The summed E-state index contributed by atoms with van der Waals surface area (Å²) in [6.45, 7) is 3.09. The van der Waals surface area contributed by atoms with Crippen molar-refractivity contribution >= 4 is 28.8 Å². The van der Waals surface area contributed by atoms with E-state index in [1.165, 1.54) is 13.3 Å². The molecule has 0 radical (unpaired) electrons. The smallest absolute Gasteiger partial charge is 0.345 e. The molecular weight excluding hydrogens is 292 g/mol. The van der Waals surface area contributed by atoms with Crippen molar-refractivity contribution in [1.29, 1.82) is 0 Å². The number of esters is 1. The van der Waals surface area contributed by atoms with E-state index in [0.29, 0.717) is 18.1 Å². The van der Waals surface area contributed by atoms with Crippen LogP contribution in [0.3, 0.4) is 0 Å². The summed E-state index contributed by atoms with van der Waals surface area (Å²) in [6.07, 6.45) is 4.80. The highest BCUT2D eigenvalue weighted by Crippen LogP contribution is 2.28. The number of aliphatic carboxylic acids is 1. The Labute approximate surface area is 129 Å². The van der Waals surface area contributed by atoms with Crippen LogP contribution in [0.4, 0.5) is 0 Å². The Hall–Kier alpha value is -1.04. The van der Waals surface area contributed by atoms with Crippen LogP contribution in [0.1, 0.15) is 52.4 Å². The Morgan fingerprint density at radius 1 is 1.24 bits per heavy atom. The van der Waals surface area contributed by atoms with Crippen LogP contribution in [0, 0.1) is 11.8 Å². The van der Waals surface area contributed by atoms with E-state index < -0.39 is 24.0 Å². The number of carboxylic acid groups (broad SMARTS) is 1. The molecule has 0 aromatic rings. The third-order valence-electron chi connectivity index (χ3n) is 3.74. The lowest BCUT2D eigenvalue weighted by Crippen LogP contribution is -2.32. The van der Waals surface area contributed by atoms with E-state index in [9.17, 15) is 19.5 Å². The van der Waals surface area contributed by atoms with Gasteiger partial charge in [-0.15, -0.1) is 0 Å². The minimum absolute atomic E-state index is 0.0633. The number of carbonyl (C=O) groups is 3. The fourth-order valence-corrected chi connectivity index (χ4v) is 3.11. The molecule has 1 aliphatic rings. The van der Waals surface area contributed by atoms with Gasteiger partial charge in [0.05, 0.1) is 5.92 Å². The Morgan fingerprint density at radius 3 is 2.38 bits per heavy atom. The number of hydrogen-bond donors (Lipinski definition) is 1. The first-order valence-electron chi connectivity index (χ1n) is 7.46. The van der Waals surface area contributed by atoms with E-state index in [1.807, 2.05) is 0 Å². The van der Waals surface area contributed by atoms with Crippen molar-refractivity contribution in [2.24, 2.45) is 11.8 Å². The number of thioether (sulfide) groups is 1. The van der Waals surface area contributed by atoms with Crippen molar-refractivity contribution in [2.45, 2.75) is 58.5 Å². The third-order valence-corrected chi connectivity index (χ3v) is 4.82. The maximum absolute atomic E-state index is 11.9. The summed E-state index contributed by atoms with van der Waals surface area (Å²) in [6, 6.07) is 0. The first kappa shape index (κ1) is 18.0. The summed E-state index contributed by atoms with van der Waals surface area (Å²) in [5.74, 6) is -1.45. The molecule has 0 bridgehead atoms. The van der Waals surface area contributed by atoms with Gasteiger partial charge in [0.2, 0.25) is 0 Å². The lowest BCUT2D eigenvalue weighted by molar-refractivity contribution is -0.167. The van der Waals surface area contributed by atoms with Crippen molar-refractivity contribution < 1.29 is 24.2 Å². The molecule has 0 aromatic heterocycles. The van der Waals surface area contributed by atoms with E-state index in [4.69, 9.17) is 4.74 Å². The summed E-state index contributed by atoms with van der Waals surface area (Å²) in [5, 5.41) is 9.15. The molecular formula is C15H24O5S. The van der Waals surface area contributed by atoms with Gasteiger partial charge in [-0.05, 0) is 12.3 Å². The molecule has 6 heteroatoms. The molecule has 0 spiro atoms. The van der Waals surface area contributed by atoms with Gasteiger partial charge in [0.15, 0.2) is 11.2 Å². The van der Waals surface area contributed by atoms with Gasteiger partial charge in [-0.2, -0.15) is 0 Å². The number of rotatable bonds is 7. The van der Waals surface area contributed by atoms with Crippen molar-refractivity contribution in [1.82, 2.24) is 0 Å². The summed E-state index contributed by atoms with van der Waals surface area (Å²) in [4.78, 5) is 34.0. The quantitative estimate of drug-likeness (QED) is 0.727. The summed E-state index contributed by atoms with van der Waals surface area (Å²) in [5.41, 5.74) is 0. The van der Waals surface area contributed by atoms with Crippen LogP contribution in [0.5, 0.6) is 0 Å². The molecule has 0 heterocycles. The fourth-order valence-electron chi connectivity index (χ4n) is 2.49. The predicted molar refractivity (Wildman–Crippen MR) is 81.0 cm³/mol. The Morgan fingerprint density at radius 2 is 1.86 bits per heavy atom. The molecule has 1 N–H and O–H groups in total. The zero-order valence-corrected chi connectivity index (χ0v) is 13.5. The van der Waals surface area contributed by atoms with Crippen LogP contribution in [-0.2, 0) is 19.1 Å². The zero-order valence-electron chi connectivity index (χ0n) is 12.7. The summed E-state index contributed by atoms with van der Waals surface area (Å²) in [7, 11) is 0. The second-order valence-corrected chi connectivity index (χ2v) is 6.90. The second-order valence-electron chi connectivity index (χ2n) is 5.71. The Bertz CT molecular complexity index is 376. The van der Waals surface area contributed by atoms with Gasteiger partial charge in [-0.25, -0.2) is 4.79 Å². The zero-order chi connectivity index (χ0) is 15.8. The van der Waals surface area contributed by atoms with E-state index in [0.717, 1.165) is 37.4 Å². The highest BCUT2D eigenvalue weighted by Gasteiger charge is 2.29. The first-order valence-corrected chi connectivity index (χ1v) is 8.45. The molecule has 2 atom stereocenters. The van der Waals surface area contributed by atoms with Crippen LogP contribution in [0.2, 0.25) is 0 Å². The summed E-state index contributed by atoms with van der Waals surface area (Å²) < 4.78 is 5.15. The van der Waals surface area contributed by atoms with Gasteiger partial charge in [-0.1, -0.05) is 50.8 Å². The van der Waals surface area contributed by atoms with Crippen molar-refractivity contribution in [3.63, 3.8) is 0 Å². The maximum atomic E-state index is 11.9. The minimum Gasteiger partial charge on any atom is -0.479 e. The van der Waals surface area contributed by atoms with Gasteiger partial charge < -0.3 is 9.84 Å². The van der Waals surface area contributed by atoms with E-state index in [-0.39, 0.29) is 5.12 Å². The Balaban J connectivity index is 2.46. The summed E-state index contributed by atoms with van der Waals surface area (Å²) >= 11 is 1.05. The van der Waals surface area contributed by atoms with E-state index in [2.05, 4.69) is 0 Å². The van der Waals surface area contributed by atoms with Crippen molar-refractivity contribution in [3.8, 4) is 0 Å². The molecule has 21 heavy (non-hydrogen) atoms. The monoisotopic (exact) mass is 316 g/mol. The number of hydrogen-bond acceptors (Lipinski definition) is 5. The molecule has 0 amide bonds. The second kappa shape index (κ2) is 9.07. The predicted octanol–water partition coefficient (Wildman–Crippen LogP) is 2.87. The molecule has 0 saturated heterocycles. The minimum atomic E-state index is -1.08. The molecule has 0 aliphatic heterocycles. The first-order chi connectivity index (χ1) is 9.90. The number of ether oxygens (including phenoxy) is 1. The van der Waals surface area contributed by atoms with Crippen LogP contribution >= 0.6 is 11.8 Å². The lowest BCUT2D eigenvalue weighted by atomic mass is 9.85. The topological polar surface area (TPSA) is 80.7 Å². The molecule has 1 fully saturated rings. The van der Waals surface area contributed by atoms with Crippen molar-refractivity contribution in [2.75, 3.05) is 5.75 Å². The molecule has 0 aromatic carbocycles. The Kier molecular flexibility index (Phi) is 7.78. The highest BCUT2D eigenvalue weighted by atomic mass is 32.2. The fraction of sp³-hybridized carbons (Fsp3) is 0.800. The maximum Gasteiger partial charge on any atom is 0.345 e. The van der Waals surface area contributed by atoms with Gasteiger partial charge in [0.25, 0.3) is 0 Å². The van der Waals surface area contributed by atoms with Crippen LogP contribution in [0.25, 0.3) is 0 Å². The number of carbonyl (C=O) groups excluding carboxylic acids is 2. The lowest BCUT2D eigenvalue weighted by Gasteiger charge is -2.25. The van der Waals surface area contributed by atoms with Crippen LogP contribution in [-0.4, -0.2) is 34.0 Å².